The zero-order chi connectivity index (χ0) is 26.1. The SMILES string of the molecule is COC(=O)c1cc(N2CCN(C(=O)OCC3c4ccccc4-c4ccccc43)CC2)cc(B(O)O)c1C. The number of carbonyl (C=O) groups is 2. The Morgan fingerprint density at radius 1 is 0.946 bits per heavy atom. The standard InChI is InChI=1S/C28H29BN2O6/c1-18-24(27(32)36-2)15-19(16-26(18)29(34)35)30-11-13-31(14-12-30)28(33)37-17-25-22-9-5-3-7-20(22)21-8-4-6-10-23(21)25/h3-10,15-16,25,34-35H,11-14,17H2,1-2H3. The summed E-state index contributed by atoms with van der Waals surface area (Å²) in [6.07, 6.45) is -0.355. The van der Waals surface area contributed by atoms with Crippen molar-refractivity contribution in [2.24, 2.45) is 0 Å². The van der Waals surface area contributed by atoms with E-state index in [1.54, 1.807) is 24.0 Å². The highest BCUT2D eigenvalue weighted by atomic mass is 16.6. The van der Waals surface area contributed by atoms with Crippen LogP contribution < -0.4 is 10.4 Å². The summed E-state index contributed by atoms with van der Waals surface area (Å²) in [4.78, 5) is 28.9. The predicted molar refractivity (Wildman–Crippen MR) is 141 cm³/mol. The highest BCUT2D eigenvalue weighted by Gasteiger charge is 2.31. The Labute approximate surface area is 216 Å². The van der Waals surface area contributed by atoms with Gasteiger partial charge in [-0.1, -0.05) is 48.5 Å². The summed E-state index contributed by atoms with van der Waals surface area (Å²) in [5.41, 5.74) is 6.37. The Morgan fingerprint density at radius 3 is 2.11 bits per heavy atom. The molecule has 1 aliphatic heterocycles. The number of rotatable bonds is 5. The summed E-state index contributed by atoms with van der Waals surface area (Å²) in [6.45, 7) is 3.82. The van der Waals surface area contributed by atoms with Gasteiger partial charge in [0.15, 0.2) is 0 Å². The number of benzene rings is 3. The van der Waals surface area contributed by atoms with E-state index in [4.69, 9.17) is 9.47 Å². The molecule has 5 rings (SSSR count). The first kappa shape index (κ1) is 24.9. The second-order valence-electron chi connectivity index (χ2n) is 9.35. The topological polar surface area (TPSA) is 99.5 Å². The third-order valence-electron chi connectivity index (χ3n) is 7.36. The molecule has 190 valence electrons. The van der Waals surface area contributed by atoms with Gasteiger partial charge in [-0.05, 0) is 52.3 Å². The lowest BCUT2D eigenvalue weighted by atomic mass is 9.75. The Hall–Kier alpha value is -3.82. The number of piperazine rings is 1. The van der Waals surface area contributed by atoms with Crippen LogP contribution in [0.2, 0.25) is 0 Å². The quantitative estimate of drug-likeness (QED) is 0.411. The largest absolute Gasteiger partial charge is 0.488 e. The van der Waals surface area contributed by atoms with E-state index in [0.717, 1.165) is 0 Å². The van der Waals surface area contributed by atoms with Crippen molar-refractivity contribution in [3.63, 3.8) is 0 Å². The van der Waals surface area contributed by atoms with E-state index in [1.807, 2.05) is 29.2 Å². The summed E-state index contributed by atoms with van der Waals surface area (Å²) in [7, 11) is -0.429. The molecule has 37 heavy (non-hydrogen) atoms. The fraction of sp³-hybridized carbons (Fsp3) is 0.286. The van der Waals surface area contributed by atoms with Gasteiger partial charge in [-0.15, -0.1) is 0 Å². The third-order valence-corrected chi connectivity index (χ3v) is 7.36. The van der Waals surface area contributed by atoms with Gasteiger partial charge in [0.25, 0.3) is 0 Å². The second-order valence-corrected chi connectivity index (χ2v) is 9.35. The Morgan fingerprint density at radius 2 is 1.54 bits per heavy atom. The highest BCUT2D eigenvalue weighted by molar-refractivity contribution is 6.59. The fourth-order valence-electron chi connectivity index (χ4n) is 5.33. The van der Waals surface area contributed by atoms with Gasteiger partial charge in [0.2, 0.25) is 0 Å². The molecule has 0 aromatic heterocycles. The number of carbonyl (C=O) groups excluding carboxylic acids is 2. The molecule has 1 aliphatic carbocycles. The van der Waals surface area contributed by atoms with E-state index >= 15 is 0 Å². The van der Waals surface area contributed by atoms with Crippen molar-refractivity contribution in [3.8, 4) is 11.1 Å². The lowest BCUT2D eigenvalue weighted by Gasteiger charge is -2.36. The molecule has 0 atom stereocenters. The minimum Gasteiger partial charge on any atom is -0.465 e. The van der Waals surface area contributed by atoms with Crippen molar-refractivity contribution in [2.45, 2.75) is 12.8 Å². The van der Waals surface area contributed by atoms with Gasteiger partial charge in [-0.25, -0.2) is 9.59 Å². The van der Waals surface area contributed by atoms with Crippen LogP contribution in [0.25, 0.3) is 11.1 Å². The molecule has 3 aromatic carbocycles. The number of hydrogen-bond acceptors (Lipinski definition) is 7. The number of methoxy groups -OCH3 is 1. The van der Waals surface area contributed by atoms with Gasteiger partial charge in [-0.2, -0.15) is 0 Å². The van der Waals surface area contributed by atoms with Gasteiger partial charge < -0.3 is 29.3 Å². The molecule has 1 heterocycles. The highest BCUT2D eigenvalue weighted by Crippen LogP contribution is 2.44. The molecule has 1 fully saturated rings. The van der Waals surface area contributed by atoms with Crippen LogP contribution in [0.3, 0.4) is 0 Å². The summed E-state index contributed by atoms with van der Waals surface area (Å²) < 4.78 is 10.7. The smallest absolute Gasteiger partial charge is 0.465 e. The number of hydrogen-bond donors (Lipinski definition) is 2. The number of amides is 1. The van der Waals surface area contributed by atoms with Crippen LogP contribution in [0.5, 0.6) is 0 Å². The van der Waals surface area contributed by atoms with Crippen LogP contribution in [0.15, 0.2) is 60.7 Å². The molecule has 1 saturated heterocycles. The normalized spacial score (nSPS) is 14.7. The molecule has 1 amide bonds. The van der Waals surface area contributed by atoms with E-state index in [2.05, 4.69) is 24.3 Å². The summed E-state index contributed by atoms with van der Waals surface area (Å²) in [5.74, 6) is -0.538. The number of anilines is 1. The van der Waals surface area contributed by atoms with E-state index in [-0.39, 0.29) is 29.6 Å². The van der Waals surface area contributed by atoms with Gasteiger partial charge in [0.05, 0.1) is 12.7 Å². The first-order valence-electron chi connectivity index (χ1n) is 12.3. The summed E-state index contributed by atoms with van der Waals surface area (Å²) in [6, 6.07) is 19.8. The van der Waals surface area contributed by atoms with Crippen LogP contribution in [0.1, 0.15) is 33.0 Å². The molecule has 2 aliphatic rings. The Kier molecular flexibility index (Phi) is 6.91. The van der Waals surface area contributed by atoms with Gasteiger partial charge in [-0.3, -0.25) is 0 Å². The van der Waals surface area contributed by atoms with Crippen molar-refractivity contribution < 1.29 is 29.1 Å². The second kappa shape index (κ2) is 10.3. The first-order chi connectivity index (χ1) is 17.9. The maximum Gasteiger partial charge on any atom is 0.488 e. The third kappa shape index (κ3) is 4.68. The van der Waals surface area contributed by atoms with Crippen LogP contribution in [0.4, 0.5) is 10.5 Å². The van der Waals surface area contributed by atoms with Crippen LogP contribution in [0, 0.1) is 6.92 Å². The lowest BCUT2D eigenvalue weighted by Crippen LogP contribution is -2.49. The van der Waals surface area contributed by atoms with E-state index in [9.17, 15) is 19.6 Å². The average molecular weight is 500 g/mol. The molecule has 0 saturated carbocycles. The van der Waals surface area contributed by atoms with Crippen molar-refractivity contribution in [2.75, 3.05) is 44.8 Å². The molecular formula is C28H29BN2O6. The van der Waals surface area contributed by atoms with E-state index < -0.39 is 13.1 Å². The molecule has 0 radical (unpaired) electrons. The lowest BCUT2D eigenvalue weighted by molar-refractivity contribution is 0.0600. The van der Waals surface area contributed by atoms with Crippen molar-refractivity contribution in [1.29, 1.82) is 0 Å². The van der Waals surface area contributed by atoms with E-state index in [1.165, 1.54) is 29.4 Å². The number of ether oxygens (including phenoxy) is 2. The molecule has 0 spiro atoms. The monoisotopic (exact) mass is 500 g/mol. The molecule has 8 nitrogen and oxygen atoms in total. The molecule has 9 heteroatoms. The maximum atomic E-state index is 13.0. The summed E-state index contributed by atoms with van der Waals surface area (Å²) in [5, 5.41) is 19.6. The first-order valence-corrected chi connectivity index (χ1v) is 12.3. The number of nitrogens with zero attached hydrogens (tertiary/aromatic N) is 2. The molecule has 3 aromatic rings. The number of esters is 1. The van der Waals surface area contributed by atoms with Crippen LogP contribution in [-0.2, 0) is 9.47 Å². The number of fused-ring (bicyclic) bond motifs is 3. The molecule has 2 N–H and O–H groups in total. The fourth-order valence-corrected chi connectivity index (χ4v) is 5.33. The minimum atomic E-state index is -1.72. The van der Waals surface area contributed by atoms with Gasteiger partial charge in [0, 0.05) is 37.8 Å². The molecule has 0 unspecified atom stereocenters. The zero-order valence-electron chi connectivity index (χ0n) is 20.9. The zero-order valence-corrected chi connectivity index (χ0v) is 20.9. The average Bonchev–Trinajstić information content (AvgIpc) is 3.25. The maximum absolute atomic E-state index is 13.0. The van der Waals surface area contributed by atoms with Crippen molar-refractivity contribution in [1.82, 2.24) is 4.90 Å². The minimum absolute atomic E-state index is 0.00488. The van der Waals surface area contributed by atoms with Crippen molar-refractivity contribution >= 4 is 30.3 Å². The van der Waals surface area contributed by atoms with Gasteiger partial charge in [0.1, 0.15) is 6.61 Å². The predicted octanol–water partition coefficient (Wildman–Crippen LogP) is 2.53. The summed E-state index contributed by atoms with van der Waals surface area (Å²) >= 11 is 0. The van der Waals surface area contributed by atoms with E-state index in [0.29, 0.717) is 37.4 Å². The van der Waals surface area contributed by atoms with Gasteiger partial charge >= 0.3 is 19.2 Å². The Bertz CT molecular complexity index is 1290. The van der Waals surface area contributed by atoms with Crippen molar-refractivity contribution in [3.05, 3.63) is 82.9 Å². The van der Waals surface area contributed by atoms with Crippen LogP contribution in [-0.4, -0.2) is 74.0 Å². The van der Waals surface area contributed by atoms with Crippen LogP contribution >= 0.6 is 0 Å². The Balaban J connectivity index is 1.25. The molecule has 0 bridgehead atoms. The molecular weight excluding hydrogens is 471 g/mol.